The molecule has 0 unspecified atom stereocenters. The average molecular weight is 335 g/mol. The van der Waals surface area contributed by atoms with E-state index in [1.165, 1.54) is 0 Å². The Balaban J connectivity index is 2.68. The molecule has 1 amide bonds. The van der Waals surface area contributed by atoms with E-state index < -0.39 is 5.97 Å². The quantitative estimate of drug-likeness (QED) is 0.650. The smallest absolute Gasteiger partial charge is 0.344 e. The summed E-state index contributed by atoms with van der Waals surface area (Å²) < 4.78 is 10.4. The van der Waals surface area contributed by atoms with Crippen LogP contribution >= 0.6 is 0 Å². The highest BCUT2D eigenvalue weighted by Gasteiger charge is 2.20. The molecule has 1 rings (SSSR count). The molecule has 0 aliphatic rings. The summed E-state index contributed by atoms with van der Waals surface area (Å²) in [7, 11) is 0. The van der Waals surface area contributed by atoms with Gasteiger partial charge in [0, 0.05) is 18.5 Å². The third kappa shape index (κ3) is 6.22. The van der Waals surface area contributed by atoms with Gasteiger partial charge in [0.05, 0.1) is 6.61 Å². The predicted molar refractivity (Wildman–Crippen MR) is 94.0 cm³/mol. The number of esters is 1. The molecular weight excluding hydrogens is 306 g/mol. The molecule has 0 bridgehead atoms. The Morgan fingerprint density at radius 1 is 1.08 bits per heavy atom. The van der Waals surface area contributed by atoms with Crippen molar-refractivity contribution >= 4 is 11.9 Å². The minimum Gasteiger partial charge on any atom is -0.482 e. The first kappa shape index (κ1) is 20.0. The molecule has 0 saturated heterocycles. The zero-order chi connectivity index (χ0) is 18.1. The van der Waals surface area contributed by atoms with Gasteiger partial charge in [0.1, 0.15) is 5.75 Å². The first-order valence-electron chi connectivity index (χ1n) is 8.54. The van der Waals surface area contributed by atoms with E-state index in [1.807, 2.05) is 56.9 Å². The molecule has 0 radical (unpaired) electrons. The minimum absolute atomic E-state index is 0.122. The van der Waals surface area contributed by atoms with E-state index in [0.717, 1.165) is 5.56 Å². The van der Waals surface area contributed by atoms with Crippen LogP contribution in [-0.4, -0.2) is 42.1 Å². The summed E-state index contributed by atoms with van der Waals surface area (Å²) in [6, 6.07) is 7.82. The van der Waals surface area contributed by atoms with Crippen LogP contribution < -0.4 is 4.74 Å². The van der Waals surface area contributed by atoms with Crippen molar-refractivity contribution in [3.63, 3.8) is 0 Å². The molecule has 0 saturated carbocycles. The van der Waals surface area contributed by atoms with Crippen molar-refractivity contribution in [2.45, 2.75) is 59.5 Å². The van der Waals surface area contributed by atoms with Crippen LogP contribution in [0.25, 0.3) is 0 Å². The van der Waals surface area contributed by atoms with Crippen molar-refractivity contribution in [1.29, 1.82) is 0 Å². The molecule has 0 fully saturated rings. The number of benzene rings is 1. The molecule has 0 heterocycles. The molecule has 0 atom stereocenters. The molecule has 0 N–H and O–H groups in total. The largest absolute Gasteiger partial charge is 0.482 e. The van der Waals surface area contributed by atoms with Crippen molar-refractivity contribution in [3.8, 4) is 5.75 Å². The van der Waals surface area contributed by atoms with Crippen LogP contribution in [0, 0.1) is 0 Å². The van der Waals surface area contributed by atoms with Crippen molar-refractivity contribution in [2.24, 2.45) is 0 Å². The number of hydrogen-bond donors (Lipinski definition) is 0. The summed E-state index contributed by atoms with van der Waals surface area (Å²) in [5.41, 5.74) is 0.919. The maximum Gasteiger partial charge on any atom is 0.344 e. The fourth-order valence-electron chi connectivity index (χ4n) is 2.73. The topological polar surface area (TPSA) is 55.8 Å². The number of amides is 1. The lowest BCUT2D eigenvalue weighted by atomic mass is 10.1. The second-order valence-corrected chi connectivity index (χ2v) is 6.19. The first-order chi connectivity index (χ1) is 11.4. The van der Waals surface area contributed by atoms with Crippen molar-refractivity contribution in [1.82, 2.24) is 4.90 Å². The molecule has 5 nitrogen and oxygen atoms in total. The molecule has 0 aliphatic heterocycles. The van der Waals surface area contributed by atoms with E-state index in [1.54, 1.807) is 6.92 Å². The monoisotopic (exact) mass is 335 g/mol. The van der Waals surface area contributed by atoms with Gasteiger partial charge in [0.15, 0.2) is 6.61 Å². The SMILES string of the molecule is CCOC(=O)COc1ccccc1CCC(=O)N(C(C)C)C(C)C. The average Bonchev–Trinajstić information content (AvgIpc) is 2.51. The first-order valence-corrected chi connectivity index (χ1v) is 8.54. The van der Waals surface area contributed by atoms with Crippen LogP contribution in [0.4, 0.5) is 0 Å². The third-order valence-electron chi connectivity index (χ3n) is 3.63. The number of aryl methyl sites for hydroxylation is 1. The number of hydrogen-bond acceptors (Lipinski definition) is 4. The zero-order valence-corrected chi connectivity index (χ0v) is 15.4. The lowest BCUT2D eigenvalue weighted by molar-refractivity contribution is -0.145. The number of para-hydroxylation sites is 1. The highest BCUT2D eigenvalue weighted by atomic mass is 16.6. The van der Waals surface area contributed by atoms with E-state index >= 15 is 0 Å². The lowest BCUT2D eigenvalue weighted by Crippen LogP contribution is -2.42. The highest BCUT2D eigenvalue weighted by Crippen LogP contribution is 2.20. The Morgan fingerprint density at radius 3 is 2.29 bits per heavy atom. The predicted octanol–water partition coefficient (Wildman–Crippen LogP) is 3.21. The number of rotatable bonds is 9. The van der Waals surface area contributed by atoms with Gasteiger partial charge in [-0.05, 0) is 52.7 Å². The van der Waals surface area contributed by atoms with Gasteiger partial charge in [-0.25, -0.2) is 4.79 Å². The standard InChI is InChI=1S/C19H29NO4/c1-6-23-19(22)13-24-17-10-8-7-9-16(17)11-12-18(21)20(14(2)3)15(4)5/h7-10,14-15H,6,11-13H2,1-5H3. The van der Waals surface area contributed by atoms with Gasteiger partial charge in [0.25, 0.3) is 0 Å². The zero-order valence-electron chi connectivity index (χ0n) is 15.4. The summed E-state index contributed by atoms with van der Waals surface area (Å²) in [4.78, 5) is 25.8. The maximum absolute atomic E-state index is 12.5. The van der Waals surface area contributed by atoms with Gasteiger partial charge in [-0.2, -0.15) is 0 Å². The van der Waals surface area contributed by atoms with Crippen molar-refractivity contribution in [2.75, 3.05) is 13.2 Å². The fourth-order valence-corrected chi connectivity index (χ4v) is 2.73. The van der Waals surface area contributed by atoms with E-state index in [4.69, 9.17) is 9.47 Å². The Bertz CT molecular complexity index is 532. The number of nitrogens with zero attached hydrogens (tertiary/aromatic N) is 1. The number of carbonyl (C=O) groups is 2. The van der Waals surface area contributed by atoms with Gasteiger partial charge in [-0.15, -0.1) is 0 Å². The summed E-state index contributed by atoms with van der Waals surface area (Å²) in [6.07, 6.45) is 0.990. The van der Waals surface area contributed by atoms with Crippen LogP contribution in [0.5, 0.6) is 5.75 Å². The van der Waals surface area contributed by atoms with E-state index in [9.17, 15) is 9.59 Å². The van der Waals surface area contributed by atoms with Crippen LogP contribution in [0.1, 0.15) is 46.6 Å². The fraction of sp³-hybridized carbons (Fsp3) is 0.579. The van der Waals surface area contributed by atoms with E-state index in [0.29, 0.717) is 25.2 Å². The Hall–Kier alpha value is -2.04. The Kier molecular flexibility index (Phi) is 8.30. The highest BCUT2D eigenvalue weighted by molar-refractivity contribution is 5.77. The van der Waals surface area contributed by atoms with Crippen molar-refractivity contribution in [3.05, 3.63) is 29.8 Å². The van der Waals surface area contributed by atoms with Gasteiger partial charge in [-0.1, -0.05) is 18.2 Å². The molecule has 5 heteroatoms. The van der Waals surface area contributed by atoms with Crippen LogP contribution in [0.15, 0.2) is 24.3 Å². The van der Waals surface area contributed by atoms with E-state index in [-0.39, 0.29) is 24.6 Å². The lowest BCUT2D eigenvalue weighted by Gasteiger charge is -2.31. The Morgan fingerprint density at radius 2 is 1.71 bits per heavy atom. The van der Waals surface area contributed by atoms with Gasteiger partial charge < -0.3 is 14.4 Å². The molecule has 1 aromatic carbocycles. The summed E-state index contributed by atoms with van der Waals surface area (Å²) >= 11 is 0. The minimum atomic E-state index is -0.394. The van der Waals surface area contributed by atoms with Gasteiger partial charge in [-0.3, -0.25) is 4.79 Å². The number of carbonyl (C=O) groups excluding carboxylic acids is 2. The van der Waals surface area contributed by atoms with Gasteiger partial charge >= 0.3 is 5.97 Å². The maximum atomic E-state index is 12.5. The van der Waals surface area contributed by atoms with E-state index in [2.05, 4.69) is 0 Å². The molecule has 1 aromatic rings. The van der Waals surface area contributed by atoms with Crippen molar-refractivity contribution < 1.29 is 19.1 Å². The van der Waals surface area contributed by atoms with Crippen LogP contribution in [0.2, 0.25) is 0 Å². The van der Waals surface area contributed by atoms with Crippen LogP contribution in [-0.2, 0) is 20.7 Å². The normalized spacial score (nSPS) is 10.8. The second kappa shape index (κ2) is 9.96. The van der Waals surface area contributed by atoms with Crippen LogP contribution in [0.3, 0.4) is 0 Å². The molecule has 0 aliphatic carbocycles. The molecule has 0 spiro atoms. The third-order valence-corrected chi connectivity index (χ3v) is 3.63. The number of ether oxygens (including phenoxy) is 2. The molecular formula is C19H29NO4. The summed E-state index contributed by atoms with van der Waals surface area (Å²) in [5.74, 6) is 0.355. The second-order valence-electron chi connectivity index (χ2n) is 6.19. The molecule has 134 valence electrons. The van der Waals surface area contributed by atoms with Gasteiger partial charge in [0.2, 0.25) is 5.91 Å². The molecule has 0 aromatic heterocycles. The Labute approximate surface area is 144 Å². The summed E-state index contributed by atoms with van der Waals surface area (Å²) in [6.45, 7) is 10.1. The molecule has 24 heavy (non-hydrogen) atoms. The summed E-state index contributed by atoms with van der Waals surface area (Å²) in [5, 5.41) is 0.